The van der Waals surface area contributed by atoms with Gasteiger partial charge in [-0.25, -0.2) is 4.79 Å². The summed E-state index contributed by atoms with van der Waals surface area (Å²) in [4.78, 5) is 40.7. The molecule has 0 bridgehead atoms. The molecule has 2 rings (SSSR count). The summed E-state index contributed by atoms with van der Waals surface area (Å²) < 4.78 is 5.25. The van der Waals surface area contributed by atoms with Gasteiger partial charge in [-0.3, -0.25) is 19.8 Å². The van der Waals surface area contributed by atoms with Crippen molar-refractivity contribution in [3.8, 4) is 0 Å². The minimum Gasteiger partial charge on any atom is -0.444 e. The van der Waals surface area contributed by atoms with Crippen LogP contribution >= 0.6 is 0 Å². The van der Waals surface area contributed by atoms with Crippen LogP contribution in [0.5, 0.6) is 0 Å². The number of ether oxygens (including phenoxy) is 1. The molecule has 1 fully saturated rings. The molecule has 0 radical (unpaired) electrons. The van der Waals surface area contributed by atoms with Crippen LogP contribution in [-0.4, -0.2) is 72.1 Å². The summed E-state index contributed by atoms with van der Waals surface area (Å²) in [6.45, 7) is 12.2. The topological polar surface area (TPSA) is 91.0 Å². The third kappa shape index (κ3) is 7.67. The fourth-order valence-electron chi connectivity index (χ4n) is 3.07. The average molecular weight is 419 g/mol. The first kappa shape index (κ1) is 23.7. The van der Waals surface area contributed by atoms with E-state index in [1.807, 2.05) is 13.8 Å². The number of piperazine rings is 1. The number of anilines is 1. The lowest BCUT2D eigenvalue weighted by Crippen LogP contribution is -2.51. The van der Waals surface area contributed by atoms with Crippen LogP contribution in [-0.2, 0) is 9.53 Å². The zero-order valence-corrected chi connectivity index (χ0v) is 18.7. The summed E-state index contributed by atoms with van der Waals surface area (Å²) >= 11 is 0. The first-order valence-corrected chi connectivity index (χ1v) is 10.5. The molecule has 2 N–H and O–H groups in total. The third-order valence-corrected chi connectivity index (χ3v) is 4.80. The summed E-state index contributed by atoms with van der Waals surface area (Å²) in [5.74, 6) is -0.0726. The Kier molecular flexibility index (Phi) is 8.23. The monoisotopic (exact) mass is 418 g/mol. The van der Waals surface area contributed by atoms with Crippen molar-refractivity contribution < 1.29 is 19.1 Å². The number of benzene rings is 1. The molecular weight excluding hydrogens is 384 g/mol. The molecule has 1 aromatic carbocycles. The SMILES string of the molecule is CCC(C)NC(=O)CN1CCN(C(=O)c2cccc(NC(=O)OC(C)(C)C)c2)CC1. The van der Waals surface area contributed by atoms with Gasteiger partial charge >= 0.3 is 6.09 Å². The zero-order chi connectivity index (χ0) is 22.3. The Morgan fingerprint density at radius 2 is 1.80 bits per heavy atom. The Morgan fingerprint density at radius 3 is 2.40 bits per heavy atom. The molecule has 1 aromatic rings. The van der Waals surface area contributed by atoms with Gasteiger partial charge in [0, 0.05) is 43.5 Å². The van der Waals surface area contributed by atoms with Crippen LogP contribution in [0.25, 0.3) is 0 Å². The van der Waals surface area contributed by atoms with E-state index in [-0.39, 0.29) is 17.9 Å². The Bertz CT molecular complexity index is 752. The molecule has 8 heteroatoms. The number of carbonyl (C=O) groups excluding carboxylic acids is 3. The molecule has 1 atom stereocenters. The molecule has 8 nitrogen and oxygen atoms in total. The number of hydrogen-bond donors (Lipinski definition) is 2. The van der Waals surface area contributed by atoms with Gasteiger partial charge in [-0.2, -0.15) is 0 Å². The van der Waals surface area contributed by atoms with E-state index in [0.29, 0.717) is 44.0 Å². The Labute approximate surface area is 178 Å². The fraction of sp³-hybridized carbons (Fsp3) is 0.591. The number of amides is 3. The highest BCUT2D eigenvalue weighted by molar-refractivity contribution is 5.96. The minimum atomic E-state index is -0.595. The molecule has 1 saturated heterocycles. The number of rotatable bonds is 6. The molecule has 0 aliphatic carbocycles. The Morgan fingerprint density at radius 1 is 1.13 bits per heavy atom. The van der Waals surface area contributed by atoms with Crippen LogP contribution in [0.4, 0.5) is 10.5 Å². The van der Waals surface area contributed by atoms with E-state index in [1.54, 1.807) is 49.9 Å². The minimum absolute atomic E-state index is 0.0186. The molecular formula is C22H34N4O4. The highest BCUT2D eigenvalue weighted by Crippen LogP contribution is 2.16. The summed E-state index contributed by atoms with van der Waals surface area (Å²) in [5.41, 5.74) is 0.421. The maximum Gasteiger partial charge on any atom is 0.412 e. The van der Waals surface area contributed by atoms with Crippen LogP contribution in [0, 0.1) is 0 Å². The lowest BCUT2D eigenvalue weighted by Gasteiger charge is -2.34. The standard InChI is InChI=1S/C22H34N4O4/c1-6-16(2)23-19(27)15-25-10-12-26(13-11-25)20(28)17-8-7-9-18(14-17)24-21(29)30-22(3,4)5/h7-9,14,16H,6,10-13,15H2,1-5H3,(H,23,27)(H,24,29). The lowest BCUT2D eigenvalue weighted by molar-refractivity contribution is -0.123. The van der Waals surface area contributed by atoms with Gasteiger partial charge in [0.15, 0.2) is 0 Å². The predicted molar refractivity (Wildman–Crippen MR) is 117 cm³/mol. The van der Waals surface area contributed by atoms with Gasteiger partial charge in [0.25, 0.3) is 5.91 Å². The molecule has 0 saturated carbocycles. The van der Waals surface area contributed by atoms with Crippen LogP contribution in [0.3, 0.4) is 0 Å². The molecule has 0 spiro atoms. The van der Waals surface area contributed by atoms with Gasteiger partial charge in [-0.05, 0) is 52.3 Å². The van der Waals surface area contributed by atoms with Gasteiger partial charge in [0.2, 0.25) is 5.91 Å². The highest BCUT2D eigenvalue weighted by atomic mass is 16.6. The van der Waals surface area contributed by atoms with Gasteiger partial charge in [0.05, 0.1) is 6.54 Å². The number of nitrogens with zero attached hydrogens (tertiary/aromatic N) is 2. The zero-order valence-electron chi connectivity index (χ0n) is 18.7. The van der Waals surface area contributed by atoms with E-state index < -0.39 is 11.7 Å². The molecule has 1 unspecified atom stereocenters. The van der Waals surface area contributed by atoms with Crippen molar-refractivity contribution in [3.63, 3.8) is 0 Å². The predicted octanol–water partition coefficient (Wildman–Crippen LogP) is 2.71. The van der Waals surface area contributed by atoms with Crippen molar-refractivity contribution in [1.29, 1.82) is 0 Å². The van der Waals surface area contributed by atoms with Crippen molar-refractivity contribution in [2.24, 2.45) is 0 Å². The van der Waals surface area contributed by atoms with Crippen molar-refractivity contribution in [2.75, 3.05) is 38.0 Å². The molecule has 1 aliphatic heterocycles. The number of hydrogen-bond acceptors (Lipinski definition) is 5. The van der Waals surface area contributed by atoms with Gasteiger partial charge < -0.3 is 15.0 Å². The van der Waals surface area contributed by atoms with Crippen molar-refractivity contribution in [3.05, 3.63) is 29.8 Å². The van der Waals surface area contributed by atoms with Gasteiger partial charge in [-0.15, -0.1) is 0 Å². The van der Waals surface area contributed by atoms with E-state index in [9.17, 15) is 14.4 Å². The maximum atomic E-state index is 12.9. The second-order valence-electron chi connectivity index (χ2n) is 8.65. The van der Waals surface area contributed by atoms with Crippen LogP contribution in [0.2, 0.25) is 0 Å². The summed E-state index contributed by atoms with van der Waals surface area (Å²) in [6, 6.07) is 7.00. The molecule has 3 amide bonds. The van der Waals surface area contributed by atoms with Gasteiger partial charge in [-0.1, -0.05) is 13.0 Å². The van der Waals surface area contributed by atoms with Crippen LogP contribution in [0.1, 0.15) is 51.4 Å². The number of carbonyl (C=O) groups is 3. The van der Waals surface area contributed by atoms with Gasteiger partial charge in [0.1, 0.15) is 5.60 Å². The Hall–Kier alpha value is -2.61. The van der Waals surface area contributed by atoms with E-state index in [2.05, 4.69) is 15.5 Å². The smallest absolute Gasteiger partial charge is 0.412 e. The van der Waals surface area contributed by atoms with Crippen molar-refractivity contribution in [1.82, 2.24) is 15.1 Å². The summed E-state index contributed by atoms with van der Waals surface area (Å²) in [5, 5.41) is 5.63. The van der Waals surface area contributed by atoms with Crippen molar-refractivity contribution in [2.45, 2.75) is 52.7 Å². The molecule has 1 aliphatic rings. The average Bonchev–Trinajstić information content (AvgIpc) is 2.66. The van der Waals surface area contributed by atoms with E-state index in [1.165, 1.54) is 0 Å². The van der Waals surface area contributed by atoms with Crippen LogP contribution in [0.15, 0.2) is 24.3 Å². The second kappa shape index (κ2) is 10.4. The largest absolute Gasteiger partial charge is 0.444 e. The first-order chi connectivity index (χ1) is 14.1. The number of nitrogens with one attached hydrogen (secondary N) is 2. The maximum absolute atomic E-state index is 12.9. The Balaban J connectivity index is 1.88. The molecule has 30 heavy (non-hydrogen) atoms. The normalized spacial score (nSPS) is 16.0. The lowest BCUT2D eigenvalue weighted by atomic mass is 10.1. The third-order valence-electron chi connectivity index (χ3n) is 4.80. The quantitative estimate of drug-likeness (QED) is 0.741. The van der Waals surface area contributed by atoms with Crippen molar-refractivity contribution >= 4 is 23.6 Å². The highest BCUT2D eigenvalue weighted by Gasteiger charge is 2.24. The molecule has 0 aromatic heterocycles. The summed E-state index contributed by atoms with van der Waals surface area (Å²) in [7, 11) is 0. The molecule has 1 heterocycles. The fourth-order valence-corrected chi connectivity index (χ4v) is 3.07. The first-order valence-electron chi connectivity index (χ1n) is 10.5. The second-order valence-corrected chi connectivity index (χ2v) is 8.65. The molecule has 166 valence electrons. The van der Waals surface area contributed by atoms with E-state index >= 15 is 0 Å². The van der Waals surface area contributed by atoms with Crippen LogP contribution < -0.4 is 10.6 Å². The van der Waals surface area contributed by atoms with E-state index in [0.717, 1.165) is 6.42 Å². The summed E-state index contributed by atoms with van der Waals surface area (Å²) in [6.07, 6.45) is 0.340. The van der Waals surface area contributed by atoms with E-state index in [4.69, 9.17) is 4.74 Å².